The van der Waals surface area contributed by atoms with Crippen molar-refractivity contribution in [2.45, 2.75) is 32.9 Å². The number of carboxylic acid groups (broad SMARTS) is 1. The second-order valence-corrected chi connectivity index (χ2v) is 5.80. The molecule has 0 unspecified atom stereocenters. The topological polar surface area (TPSA) is 84.2 Å². The van der Waals surface area contributed by atoms with E-state index >= 15 is 0 Å². The molecule has 0 fully saturated rings. The molecular formula is C17H21N3O3. The van der Waals surface area contributed by atoms with E-state index in [1.165, 1.54) is 0 Å². The maximum Gasteiger partial charge on any atom is 0.326 e. The molecular weight excluding hydrogens is 294 g/mol. The molecule has 0 saturated carbocycles. The summed E-state index contributed by atoms with van der Waals surface area (Å²) in [6.07, 6.45) is 3.41. The summed E-state index contributed by atoms with van der Waals surface area (Å²) < 4.78 is 1.89. The largest absolute Gasteiger partial charge is 0.480 e. The van der Waals surface area contributed by atoms with Crippen molar-refractivity contribution in [2.75, 3.05) is 0 Å². The Bertz CT molecular complexity index is 665. The average molecular weight is 315 g/mol. The van der Waals surface area contributed by atoms with Gasteiger partial charge in [0.05, 0.1) is 12.7 Å². The standard InChI is InChI=1S/C17H21N3O3/c1-12(2)16(17(22)23)19-15(21)8-14-9-18-11-20(14)10-13-6-4-3-5-7-13/h3-7,9,11-12,16H,8,10H2,1-2H3,(H,19,21)(H,22,23)/t16-/m1/s1. The number of nitrogens with zero attached hydrogens (tertiary/aromatic N) is 2. The van der Waals surface area contributed by atoms with Crippen molar-refractivity contribution in [3.63, 3.8) is 0 Å². The van der Waals surface area contributed by atoms with Crippen LogP contribution >= 0.6 is 0 Å². The van der Waals surface area contributed by atoms with Gasteiger partial charge in [0.15, 0.2) is 0 Å². The molecule has 0 aliphatic carbocycles. The maximum absolute atomic E-state index is 12.1. The third kappa shape index (κ3) is 4.67. The van der Waals surface area contributed by atoms with Crippen molar-refractivity contribution in [3.05, 3.63) is 54.1 Å². The van der Waals surface area contributed by atoms with Crippen LogP contribution in [0, 0.1) is 5.92 Å². The number of hydrogen-bond acceptors (Lipinski definition) is 3. The Hall–Kier alpha value is -2.63. The highest BCUT2D eigenvalue weighted by Gasteiger charge is 2.23. The van der Waals surface area contributed by atoms with Crippen LogP contribution in [0.3, 0.4) is 0 Å². The number of carboxylic acids is 1. The van der Waals surface area contributed by atoms with Gasteiger partial charge in [-0.15, -0.1) is 0 Å². The van der Waals surface area contributed by atoms with Crippen LogP contribution in [0.4, 0.5) is 0 Å². The molecule has 1 amide bonds. The minimum absolute atomic E-state index is 0.101. The molecule has 1 aromatic carbocycles. The number of rotatable bonds is 7. The molecule has 1 heterocycles. The first-order valence-corrected chi connectivity index (χ1v) is 7.52. The van der Waals surface area contributed by atoms with Crippen LogP contribution in [-0.4, -0.2) is 32.6 Å². The first-order valence-electron chi connectivity index (χ1n) is 7.52. The number of amides is 1. The molecule has 1 aromatic heterocycles. The zero-order valence-electron chi connectivity index (χ0n) is 13.3. The predicted octanol–water partition coefficient (Wildman–Crippen LogP) is 1.70. The summed E-state index contributed by atoms with van der Waals surface area (Å²) in [6.45, 7) is 4.15. The van der Waals surface area contributed by atoms with E-state index in [1.54, 1.807) is 26.4 Å². The van der Waals surface area contributed by atoms with Crippen molar-refractivity contribution in [1.29, 1.82) is 0 Å². The van der Waals surface area contributed by atoms with Gasteiger partial charge >= 0.3 is 5.97 Å². The zero-order chi connectivity index (χ0) is 16.8. The highest BCUT2D eigenvalue weighted by molar-refractivity contribution is 5.84. The number of carbonyl (C=O) groups is 2. The molecule has 23 heavy (non-hydrogen) atoms. The smallest absolute Gasteiger partial charge is 0.326 e. The van der Waals surface area contributed by atoms with E-state index in [1.807, 2.05) is 34.9 Å². The van der Waals surface area contributed by atoms with Crippen LogP contribution in [0.1, 0.15) is 25.1 Å². The van der Waals surface area contributed by atoms with E-state index in [-0.39, 0.29) is 18.2 Å². The maximum atomic E-state index is 12.1. The summed E-state index contributed by atoms with van der Waals surface area (Å²) in [7, 11) is 0. The fraction of sp³-hybridized carbons (Fsp3) is 0.353. The Labute approximate surface area is 135 Å². The first kappa shape index (κ1) is 16.7. The monoisotopic (exact) mass is 315 g/mol. The van der Waals surface area contributed by atoms with Crippen molar-refractivity contribution < 1.29 is 14.7 Å². The quantitative estimate of drug-likeness (QED) is 0.814. The van der Waals surface area contributed by atoms with E-state index in [0.29, 0.717) is 6.54 Å². The highest BCUT2D eigenvalue weighted by Crippen LogP contribution is 2.08. The van der Waals surface area contributed by atoms with E-state index in [9.17, 15) is 9.59 Å². The van der Waals surface area contributed by atoms with Gasteiger partial charge in [0.25, 0.3) is 0 Å². The lowest BCUT2D eigenvalue weighted by atomic mass is 10.0. The van der Waals surface area contributed by atoms with Gasteiger partial charge in [-0.1, -0.05) is 44.2 Å². The Morgan fingerprint density at radius 3 is 2.57 bits per heavy atom. The second kappa shape index (κ2) is 7.58. The van der Waals surface area contributed by atoms with E-state index < -0.39 is 12.0 Å². The number of imidazole rings is 1. The van der Waals surface area contributed by atoms with Gasteiger partial charge in [-0.05, 0) is 11.5 Å². The van der Waals surface area contributed by atoms with Gasteiger partial charge in [-0.3, -0.25) is 4.79 Å². The summed E-state index contributed by atoms with van der Waals surface area (Å²) in [5.41, 5.74) is 1.86. The molecule has 0 aliphatic heterocycles. The van der Waals surface area contributed by atoms with Crippen LogP contribution in [0.15, 0.2) is 42.9 Å². The number of aliphatic carboxylic acids is 1. The van der Waals surface area contributed by atoms with Crippen LogP contribution in [-0.2, 0) is 22.6 Å². The van der Waals surface area contributed by atoms with Gasteiger partial charge in [0.2, 0.25) is 5.91 Å². The summed E-state index contributed by atoms with van der Waals surface area (Å²) in [5, 5.41) is 11.7. The number of nitrogens with one attached hydrogen (secondary N) is 1. The normalized spacial score (nSPS) is 12.1. The van der Waals surface area contributed by atoms with Crippen LogP contribution in [0.5, 0.6) is 0 Å². The Kier molecular flexibility index (Phi) is 5.51. The van der Waals surface area contributed by atoms with Crippen LogP contribution in [0.2, 0.25) is 0 Å². The third-order valence-corrected chi connectivity index (χ3v) is 3.59. The lowest BCUT2D eigenvalue weighted by Crippen LogP contribution is -2.45. The molecule has 2 aromatic rings. The molecule has 0 radical (unpaired) electrons. The van der Waals surface area contributed by atoms with E-state index in [4.69, 9.17) is 5.11 Å². The highest BCUT2D eigenvalue weighted by atomic mass is 16.4. The molecule has 122 valence electrons. The fourth-order valence-electron chi connectivity index (χ4n) is 2.32. The van der Waals surface area contributed by atoms with E-state index in [0.717, 1.165) is 11.3 Å². The van der Waals surface area contributed by atoms with Gasteiger partial charge in [-0.2, -0.15) is 0 Å². The Morgan fingerprint density at radius 2 is 1.96 bits per heavy atom. The Morgan fingerprint density at radius 1 is 1.26 bits per heavy atom. The van der Waals surface area contributed by atoms with Crippen LogP contribution < -0.4 is 5.32 Å². The molecule has 1 atom stereocenters. The average Bonchev–Trinajstić information content (AvgIpc) is 2.92. The zero-order valence-corrected chi connectivity index (χ0v) is 13.3. The van der Waals surface area contributed by atoms with Gasteiger partial charge in [-0.25, -0.2) is 9.78 Å². The van der Waals surface area contributed by atoms with Gasteiger partial charge in [0.1, 0.15) is 6.04 Å². The second-order valence-electron chi connectivity index (χ2n) is 5.80. The Balaban J connectivity index is 2.02. The summed E-state index contributed by atoms with van der Waals surface area (Å²) in [5.74, 6) is -1.52. The molecule has 0 spiro atoms. The number of benzene rings is 1. The van der Waals surface area contributed by atoms with Crippen molar-refractivity contribution in [1.82, 2.24) is 14.9 Å². The minimum Gasteiger partial charge on any atom is -0.480 e. The molecule has 6 heteroatoms. The molecule has 0 aliphatic rings. The van der Waals surface area contributed by atoms with Crippen molar-refractivity contribution in [2.24, 2.45) is 5.92 Å². The minimum atomic E-state index is -1.02. The predicted molar refractivity (Wildman–Crippen MR) is 85.9 cm³/mol. The lowest BCUT2D eigenvalue weighted by molar-refractivity contribution is -0.143. The molecule has 0 bridgehead atoms. The van der Waals surface area contributed by atoms with Gasteiger partial charge < -0.3 is 15.0 Å². The molecule has 2 N–H and O–H groups in total. The number of carbonyl (C=O) groups excluding carboxylic acids is 1. The van der Waals surface area contributed by atoms with Crippen LogP contribution in [0.25, 0.3) is 0 Å². The summed E-state index contributed by atoms with van der Waals surface area (Å²) in [6, 6.07) is 8.99. The fourth-order valence-corrected chi connectivity index (χ4v) is 2.32. The van der Waals surface area contributed by atoms with Crippen molar-refractivity contribution >= 4 is 11.9 Å². The first-order chi connectivity index (χ1) is 11.0. The summed E-state index contributed by atoms with van der Waals surface area (Å²) >= 11 is 0. The third-order valence-electron chi connectivity index (χ3n) is 3.59. The van der Waals surface area contributed by atoms with E-state index in [2.05, 4.69) is 10.3 Å². The molecule has 0 saturated heterocycles. The lowest BCUT2D eigenvalue weighted by Gasteiger charge is -2.18. The molecule has 6 nitrogen and oxygen atoms in total. The van der Waals surface area contributed by atoms with Crippen molar-refractivity contribution in [3.8, 4) is 0 Å². The summed E-state index contributed by atoms with van der Waals surface area (Å²) in [4.78, 5) is 27.4. The number of aromatic nitrogens is 2. The number of hydrogen-bond donors (Lipinski definition) is 2. The molecule has 2 rings (SSSR count). The SMILES string of the molecule is CC(C)[C@@H](NC(=O)Cc1cncn1Cc1ccccc1)C(=O)O. The van der Waals surface area contributed by atoms with Gasteiger partial charge in [0, 0.05) is 18.4 Å².